The highest BCUT2D eigenvalue weighted by atomic mass is 16.3. The summed E-state index contributed by atoms with van der Waals surface area (Å²) < 4.78 is 258. The lowest BCUT2D eigenvalue weighted by atomic mass is 9.84. The predicted molar refractivity (Wildman–Crippen MR) is 200 cm³/mol. The van der Waals surface area contributed by atoms with Crippen molar-refractivity contribution < 1.29 is 42.8 Å². The Hall–Kier alpha value is -6.18. The molecular weight excluding hydrogens is 569 g/mol. The van der Waals surface area contributed by atoms with Gasteiger partial charge in [-0.2, -0.15) is 0 Å². The van der Waals surface area contributed by atoms with Crippen molar-refractivity contribution in [3.63, 3.8) is 0 Å². The fraction of sp³-hybridized carbons (Fsp3) is 0. The van der Waals surface area contributed by atoms with Gasteiger partial charge in [-0.1, -0.05) is 145 Å². The topological polar surface area (TPSA) is 13.1 Å². The molecule has 0 spiro atoms. The van der Waals surface area contributed by atoms with Crippen LogP contribution < -0.4 is 0 Å². The molecule has 0 fully saturated rings. The third kappa shape index (κ3) is 3.97. The highest BCUT2D eigenvalue weighted by Gasteiger charge is 2.21. The van der Waals surface area contributed by atoms with E-state index in [2.05, 4.69) is 0 Å². The third-order valence-corrected chi connectivity index (χ3v) is 7.75. The Labute approximate surface area is 311 Å². The molecule has 0 aliphatic carbocycles. The zero-order chi connectivity index (χ0) is 55.3. The van der Waals surface area contributed by atoms with Crippen LogP contribution >= 0.6 is 0 Å². The smallest absolute Gasteiger partial charge is 0.143 e. The number of fused-ring (bicyclic) bond motifs is 8. The first-order valence-electron chi connectivity index (χ1n) is 27.9. The van der Waals surface area contributed by atoms with Crippen LogP contribution in [0.1, 0.15) is 38.4 Å². The van der Waals surface area contributed by atoms with Crippen LogP contribution in [-0.2, 0) is 0 Å². The molecule has 10 rings (SSSR count). The van der Waals surface area contributed by atoms with Crippen molar-refractivity contribution in [2.24, 2.45) is 0 Å². The largest absolute Gasteiger partial charge is 0.455 e. The molecule has 0 N–H and O–H groups in total. The van der Waals surface area contributed by atoms with Crippen LogP contribution in [0.4, 0.5) is 0 Å². The second kappa shape index (κ2) is 10.2. The Bertz CT molecular complexity index is 4360. The molecule has 10 aromatic rings. The molecule has 0 bridgehead atoms. The van der Waals surface area contributed by atoms with Crippen molar-refractivity contribution >= 4 is 65.0 Å². The van der Waals surface area contributed by atoms with Crippen LogP contribution in [0.2, 0.25) is 0 Å². The maximum Gasteiger partial charge on any atom is 0.143 e. The maximum absolute atomic E-state index is 9.82. The molecule has 9 aromatic carbocycles. The van der Waals surface area contributed by atoms with Gasteiger partial charge in [-0.15, -0.1) is 0 Å². The summed E-state index contributed by atoms with van der Waals surface area (Å²) in [6, 6.07) is -26.0. The van der Waals surface area contributed by atoms with Crippen molar-refractivity contribution in [1.29, 1.82) is 0 Å². The second-order valence-electron chi connectivity index (χ2n) is 10.3. The van der Waals surface area contributed by atoms with Gasteiger partial charge in [-0.25, -0.2) is 0 Å². The summed E-state index contributed by atoms with van der Waals surface area (Å²) in [4.78, 5) is 0. The van der Waals surface area contributed by atoms with Gasteiger partial charge in [0.1, 0.15) is 11.2 Å². The Balaban J connectivity index is 1.52. The maximum atomic E-state index is 9.82. The molecule has 1 aromatic heterocycles. The van der Waals surface area contributed by atoms with Gasteiger partial charge < -0.3 is 4.42 Å². The number of hydrogen-bond donors (Lipinski definition) is 0. The van der Waals surface area contributed by atoms with Crippen LogP contribution in [0.15, 0.2) is 174 Å². The minimum Gasteiger partial charge on any atom is -0.455 e. The van der Waals surface area contributed by atoms with Gasteiger partial charge in [0.15, 0.2) is 0 Å². The van der Waals surface area contributed by atoms with Gasteiger partial charge in [-0.3, -0.25) is 0 Å². The molecule has 0 saturated heterocycles. The molecule has 0 atom stereocenters. The number of hydrogen-bond acceptors (Lipinski definition) is 1. The molecule has 0 unspecified atom stereocenters. The molecule has 218 valence electrons. The fourth-order valence-corrected chi connectivity index (χ4v) is 5.78. The van der Waals surface area contributed by atoms with E-state index >= 15 is 0 Å². The quantitative estimate of drug-likeness (QED) is 0.178. The van der Waals surface area contributed by atoms with Crippen LogP contribution in [0, 0.1) is 0 Å². The fourth-order valence-electron chi connectivity index (χ4n) is 5.78. The summed E-state index contributed by atoms with van der Waals surface area (Å²) in [7, 11) is 0. The summed E-state index contributed by atoms with van der Waals surface area (Å²) in [5, 5.41) is -6.27. The zero-order valence-corrected chi connectivity index (χ0v) is 23.4. The van der Waals surface area contributed by atoms with Crippen LogP contribution in [0.5, 0.6) is 0 Å². The molecule has 0 aliphatic rings. The van der Waals surface area contributed by atoms with Gasteiger partial charge in [0.25, 0.3) is 0 Å². The van der Waals surface area contributed by atoms with Gasteiger partial charge in [0, 0.05) is 16.2 Å². The Morgan fingerprint density at radius 1 is 0.362 bits per heavy atom. The molecule has 1 heteroatoms. The van der Waals surface area contributed by atoms with Gasteiger partial charge >= 0.3 is 0 Å². The van der Waals surface area contributed by atoms with Crippen LogP contribution in [0.25, 0.3) is 98.4 Å². The van der Waals surface area contributed by atoms with E-state index in [1.165, 1.54) is 0 Å². The van der Waals surface area contributed by atoms with Gasteiger partial charge in [0.2, 0.25) is 0 Å². The molecule has 1 nitrogen and oxygen atoms in total. The van der Waals surface area contributed by atoms with Gasteiger partial charge in [-0.05, 0) is 95.3 Å². The summed E-state index contributed by atoms with van der Waals surface area (Å²) >= 11 is 0. The van der Waals surface area contributed by atoms with Crippen LogP contribution in [-0.4, -0.2) is 0 Å². The average Bonchev–Trinajstić information content (AvgIpc) is 3.77. The Kier molecular flexibility index (Phi) is 2.31. The average molecular weight is 625 g/mol. The molecule has 0 aliphatic heterocycles. The molecule has 0 amide bonds. The standard InChI is InChI=1S/C46H28O/c1-2-13-31-27-33(24-23-29(31)11-1)32-14-9-15-34(28-32)43-36-17-5-7-19-38(36)44(39-20-8-6-18-37(39)43)40-21-10-22-42-45(40)41-26-25-30-12-3-4-16-35(30)46(41)47-42/h1-28H/i1D,2D,3D,4D,5D,6D,7D,8D,9D,10D,11D,12D,13D,14D,15D,16D,17D,18D,19D,20D,21D,22D,23D,24D,25D,26D,27D,28D. The van der Waals surface area contributed by atoms with E-state index in [4.69, 9.17) is 30.5 Å². The van der Waals surface area contributed by atoms with E-state index in [0.717, 1.165) is 0 Å². The lowest BCUT2D eigenvalue weighted by Crippen LogP contribution is -1.91. The number of benzene rings is 9. The highest BCUT2D eigenvalue weighted by Crippen LogP contribution is 2.47. The van der Waals surface area contributed by atoms with Crippen molar-refractivity contribution in [3.05, 3.63) is 169 Å². The lowest BCUT2D eigenvalue weighted by molar-refractivity contribution is 0.673. The van der Waals surface area contributed by atoms with Crippen molar-refractivity contribution in [2.45, 2.75) is 0 Å². The predicted octanol–water partition coefficient (Wildman–Crippen LogP) is 13.2. The molecule has 0 saturated carbocycles. The molecule has 47 heavy (non-hydrogen) atoms. The lowest BCUT2D eigenvalue weighted by Gasteiger charge is -2.18. The van der Waals surface area contributed by atoms with E-state index in [1.807, 2.05) is 0 Å². The molecule has 1 heterocycles. The van der Waals surface area contributed by atoms with E-state index in [9.17, 15) is 12.3 Å². The van der Waals surface area contributed by atoms with Gasteiger partial charge in [0.05, 0.1) is 38.4 Å². The summed E-state index contributed by atoms with van der Waals surface area (Å²) in [5.74, 6) is 0. The monoisotopic (exact) mass is 624 g/mol. The van der Waals surface area contributed by atoms with Crippen molar-refractivity contribution in [1.82, 2.24) is 0 Å². The first kappa shape index (κ1) is 10.7. The normalized spacial score (nSPS) is 20.2. The van der Waals surface area contributed by atoms with E-state index in [-0.39, 0.29) is 0 Å². The van der Waals surface area contributed by atoms with Crippen LogP contribution in [0.3, 0.4) is 0 Å². The highest BCUT2D eigenvalue weighted by molar-refractivity contribution is 6.27. The SMILES string of the molecule is [2H]c1c([2H])c(-c2c([2H])c([2H])c3c([2H])c([2H])c([2H])c([2H])c3c2[2H])c([2H])c(-c2c3c([2H])c([2H])c([2H])c([2H])c3c(-c3c([2H])c([2H])c([2H])c4oc5c6c([2H])c([2H])c([2H])c([2H])c6c([2H])c([2H])c5c34)c3c([2H])c([2H])c([2H])c([2H])c23)c1[2H]. The second-order valence-corrected chi connectivity index (χ2v) is 10.3. The summed E-state index contributed by atoms with van der Waals surface area (Å²) in [5.41, 5.74) is -6.00. The number of rotatable bonds is 3. The third-order valence-electron chi connectivity index (χ3n) is 7.75. The molecular formula is C46H28O. The zero-order valence-electron chi connectivity index (χ0n) is 51.4. The Morgan fingerprint density at radius 3 is 1.70 bits per heavy atom. The first-order chi connectivity index (χ1) is 35.0. The van der Waals surface area contributed by atoms with E-state index in [1.54, 1.807) is 0 Å². The van der Waals surface area contributed by atoms with Crippen molar-refractivity contribution in [3.8, 4) is 33.4 Å². The Morgan fingerprint density at radius 2 is 0.936 bits per heavy atom. The summed E-state index contributed by atoms with van der Waals surface area (Å²) in [6.07, 6.45) is 0. The van der Waals surface area contributed by atoms with E-state index in [0.29, 0.717) is 0 Å². The summed E-state index contributed by atoms with van der Waals surface area (Å²) in [6.45, 7) is 0. The number of furan rings is 1. The minimum absolute atomic E-state index is 0.465. The van der Waals surface area contributed by atoms with E-state index < -0.39 is 268 Å². The molecule has 0 radical (unpaired) electrons. The minimum atomic E-state index is -1.09. The van der Waals surface area contributed by atoms with Crippen molar-refractivity contribution in [2.75, 3.05) is 0 Å². The first-order valence-corrected chi connectivity index (χ1v) is 13.9.